The summed E-state index contributed by atoms with van der Waals surface area (Å²) in [6.45, 7) is 2.65. The van der Waals surface area contributed by atoms with Gasteiger partial charge in [0.25, 0.3) is 5.91 Å². The third-order valence-corrected chi connectivity index (χ3v) is 4.49. The molecule has 4 amide bonds. The molecule has 2 rings (SSSR count). The van der Waals surface area contributed by atoms with Gasteiger partial charge in [-0.25, -0.2) is 4.79 Å². The molecule has 1 saturated carbocycles. The normalized spacial score (nSPS) is 21.3. The monoisotopic (exact) mass is 295 g/mol. The van der Waals surface area contributed by atoms with Gasteiger partial charge in [-0.2, -0.15) is 0 Å². The highest BCUT2D eigenvalue weighted by Crippen LogP contribution is 2.35. The Balaban J connectivity index is 2.05. The van der Waals surface area contributed by atoms with Crippen molar-refractivity contribution in [3.05, 3.63) is 0 Å². The van der Waals surface area contributed by atoms with E-state index in [0.717, 1.165) is 38.5 Å². The first-order valence-corrected chi connectivity index (χ1v) is 8.00. The van der Waals surface area contributed by atoms with Crippen LogP contribution in [0.2, 0.25) is 0 Å². The van der Waals surface area contributed by atoms with E-state index in [4.69, 9.17) is 0 Å². The Morgan fingerprint density at radius 2 is 1.90 bits per heavy atom. The Morgan fingerprint density at radius 3 is 2.52 bits per heavy atom. The van der Waals surface area contributed by atoms with E-state index in [1.165, 1.54) is 4.90 Å². The molecule has 0 aromatic rings. The van der Waals surface area contributed by atoms with Crippen molar-refractivity contribution in [3.8, 4) is 0 Å². The molecule has 2 fully saturated rings. The van der Waals surface area contributed by atoms with Crippen molar-refractivity contribution in [3.63, 3.8) is 0 Å². The van der Waals surface area contributed by atoms with E-state index in [1.54, 1.807) is 0 Å². The van der Waals surface area contributed by atoms with Gasteiger partial charge in [0.15, 0.2) is 0 Å². The standard InChI is InChI=1S/C15H25N3O3/c1-2-3-10-16-12(19)11-18-14(21)17-13(20)15(18)8-6-4-5-7-9-15/h2-11H2,1H3,(H,16,19)(H,17,20,21). The summed E-state index contributed by atoms with van der Waals surface area (Å²) in [5.74, 6) is -0.410. The summed E-state index contributed by atoms with van der Waals surface area (Å²) >= 11 is 0. The molecule has 6 heteroatoms. The molecule has 0 atom stereocenters. The van der Waals surface area contributed by atoms with Gasteiger partial charge in [0.2, 0.25) is 5.91 Å². The lowest BCUT2D eigenvalue weighted by Crippen LogP contribution is -2.52. The average molecular weight is 295 g/mol. The number of imide groups is 1. The molecule has 0 aromatic carbocycles. The topological polar surface area (TPSA) is 78.5 Å². The van der Waals surface area contributed by atoms with Crippen LogP contribution in [0.25, 0.3) is 0 Å². The molecule has 0 bridgehead atoms. The van der Waals surface area contributed by atoms with Gasteiger partial charge in [0, 0.05) is 6.54 Å². The summed E-state index contributed by atoms with van der Waals surface area (Å²) in [5.41, 5.74) is -0.796. The summed E-state index contributed by atoms with van der Waals surface area (Å²) in [6.07, 6.45) is 7.26. The molecule has 21 heavy (non-hydrogen) atoms. The van der Waals surface area contributed by atoms with Crippen LogP contribution in [-0.2, 0) is 9.59 Å². The third kappa shape index (κ3) is 3.36. The fourth-order valence-electron chi connectivity index (χ4n) is 3.24. The average Bonchev–Trinajstić information content (AvgIpc) is 2.65. The van der Waals surface area contributed by atoms with Gasteiger partial charge in [0.05, 0.1) is 0 Å². The van der Waals surface area contributed by atoms with Crippen molar-refractivity contribution in [1.82, 2.24) is 15.5 Å². The van der Waals surface area contributed by atoms with Gasteiger partial charge in [-0.3, -0.25) is 14.9 Å². The predicted molar refractivity (Wildman–Crippen MR) is 78.6 cm³/mol. The van der Waals surface area contributed by atoms with Crippen molar-refractivity contribution in [2.75, 3.05) is 13.1 Å². The highest BCUT2D eigenvalue weighted by atomic mass is 16.2. The van der Waals surface area contributed by atoms with E-state index >= 15 is 0 Å². The summed E-state index contributed by atoms with van der Waals surface area (Å²) in [4.78, 5) is 37.8. The first-order valence-electron chi connectivity index (χ1n) is 8.00. The summed E-state index contributed by atoms with van der Waals surface area (Å²) in [7, 11) is 0. The number of nitrogens with zero attached hydrogens (tertiary/aromatic N) is 1. The molecule has 1 saturated heterocycles. The van der Waals surface area contributed by atoms with E-state index in [2.05, 4.69) is 17.6 Å². The van der Waals surface area contributed by atoms with Crippen LogP contribution in [0.15, 0.2) is 0 Å². The smallest absolute Gasteiger partial charge is 0.325 e. The molecule has 118 valence electrons. The lowest BCUT2D eigenvalue weighted by Gasteiger charge is -2.34. The second-order valence-electron chi connectivity index (χ2n) is 5.99. The van der Waals surface area contributed by atoms with Crippen LogP contribution in [0, 0.1) is 0 Å². The maximum Gasteiger partial charge on any atom is 0.325 e. The Labute approximate surface area is 125 Å². The number of amides is 4. The summed E-state index contributed by atoms with van der Waals surface area (Å²) < 4.78 is 0. The minimum atomic E-state index is -0.796. The third-order valence-electron chi connectivity index (χ3n) is 4.49. The molecule has 0 unspecified atom stereocenters. The second-order valence-corrected chi connectivity index (χ2v) is 5.99. The van der Waals surface area contributed by atoms with Crippen LogP contribution in [0.5, 0.6) is 0 Å². The number of carbonyl (C=O) groups excluding carboxylic acids is 3. The zero-order chi connectivity index (χ0) is 15.3. The zero-order valence-electron chi connectivity index (χ0n) is 12.7. The first-order chi connectivity index (χ1) is 10.1. The molecule has 6 nitrogen and oxygen atoms in total. The molecule has 0 radical (unpaired) electrons. The molecule has 2 aliphatic rings. The van der Waals surface area contributed by atoms with Crippen molar-refractivity contribution in [2.45, 2.75) is 63.8 Å². The minimum absolute atomic E-state index is 0.0265. The van der Waals surface area contributed by atoms with Gasteiger partial charge < -0.3 is 10.2 Å². The van der Waals surface area contributed by atoms with Crippen LogP contribution in [-0.4, -0.2) is 41.4 Å². The number of carbonyl (C=O) groups is 3. The van der Waals surface area contributed by atoms with E-state index in [9.17, 15) is 14.4 Å². The van der Waals surface area contributed by atoms with Crippen molar-refractivity contribution in [2.24, 2.45) is 0 Å². The minimum Gasteiger partial charge on any atom is -0.355 e. The van der Waals surface area contributed by atoms with Crippen molar-refractivity contribution in [1.29, 1.82) is 0 Å². The summed E-state index contributed by atoms with van der Waals surface area (Å²) in [5, 5.41) is 5.21. The largest absolute Gasteiger partial charge is 0.355 e. The fraction of sp³-hybridized carbons (Fsp3) is 0.800. The van der Waals surface area contributed by atoms with E-state index < -0.39 is 11.6 Å². The van der Waals surface area contributed by atoms with Gasteiger partial charge in [-0.05, 0) is 19.3 Å². The molecule has 2 N–H and O–H groups in total. The Hall–Kier alpha value is -1.59. The molecule has 1 spiro atoms. The van der Waals surface area contributed by atoms with E-state index in [0.29, 0.717) is 19.4 Å². The quantitative estimate of drug-likeness (QED) is 0.596. The number of rotatable bonds is 5. The summed E-state index contributed by atoms with van der Waals surface area (Å²) in [6, 6.07) is -0.424. The van der Waals surface area contributed by atoms with Crippen LogP contribution in [0.1, 0.15) is 58.3 Å². The predicted octanol–water partition coefficient (Wildman–Crippen LogP) is 1.55. The highest BCUT2D eigenvalue weighted by Gasteiger charge is 2.52. The van der Waals surface area contributed by atoms with Crippen molar-refractivity contribution < 1.29 is 14.4 Å². The SMILES string of the molecule is CCCCNC(=O)CN1C(=O)NC(=O)C12CCCCCC2. The zero-order valence-corrected chi connectivity index (χ0v) is 12.7. The number of urea groups is 1. The Bertz CT molecular complexity index is 414. The van der Waals surface area contributed by atoms with Gasteiger partial charge in [-0.1, -0.05) is 39.0 Å². The van der Waals surface area contributed by atoms with E-state index in [1.807, 2.05) is 0 Å². The number of hydrogen-bond donors (Lipinski definition) is 2. The Morgan fingerprint density at radius 1 is 1.24 bits per heavy atom. The van der Waals surface area contributed by atoms with Crippen LogP contribution in [0.3, 0.4) is 0 Å². The van der Waals surface area contributed by atoms with Gasteiger partial charge in [-0.15, -0.1) is 0 Å². The number of unbranched alkanes of at least 4 members (excludes halogenated alkanes) is 1. The maximum absolute atomic E-state index is 12.3. The lowest BCUT2D eigenvalue weighted by atomic mass is 9.88. The van der Waals surface area contributed by atoms with Crippen LogP contribution in [0.4, 0.5) is 4.79 Å². The molecule has 1 aliphatic heterocycles. The molecular formula is C15H25N3O3. The van der Waals surface area contributed by atoms with Crippen molar-refractivity contribution >= 4 is 17.8 Å². The van der Waals surface area contributed by atoms with E-state index in [-0.39, 0.29) is 18.4 Å². The Kier molecular flexibility index (Phi) is 5.20. The van der Waals surface area contributed by atoms with Gasteiger partial charge >= 0.3 is 6.03 Å². The molecule has 1 heterocycles. The molecular weight excluding hydrogens is 270 g/mol. The van der Waals surface area contributed by atoms with Crippen LogP contribution >= 0.6 is 0 Å². The maximum atomic E-state index is 12.3. The number of nitrogens with one attached hydrogen (secondary N) is 2. The molecule has 1 aliphatic carbocycles. The molecule has 0 aromatic heterocycles. The lowest BCUT2D eigenvalue weighted by molar-refractivity contribution is -0.129. The highest BCUT2D eigenvalue weighted by molar-refractivity contribution is 6.08. The van der Waals surface area contributed by atoms with Gasteiger partial charge in [0.1, 0.15) is 12.1 Å². The number of hydrogen-bond acceptors (Lipinski definition) is 3. The fourth-order valence-corrected chi connectivity index (χ4v) is 3.24. The second kappa shape index (κ2) is 6.91. The van der Waals surface area contributed by atoms with Crippen LogP contribution < -0.4 is 10.6 Å². The first kappa shape index (κ1) is 15.8.